The summed E-state index contributed by atoms with van der Waals surface area (Å²) in [4.78, 5) is 61.8. The van der Waals surface area contributed by atoms with E-state index in [0.29, 0.717) is 20.6 Å². The first-order chi connectivity index (χ1) is 19.2. The molecule has 3 aromatic carbocycles. The average Bonchev–Trinajstić information content (AvgIpc) is 2.91. The van der Waals surface area contributed by atoms with Gasteiger partial charge in [0.05, 0.1) is 21.7 Å². The first kappa shape index (κ1) is 28.0. The van der Waals surface area contributed by atoms with Crippen molar-refractivity contribution in [1.82, 2.24) is 5.32 Å². The summed E-state index contributed by atoms with van der Waals surface area (Å²) in [7, 11) is 0. The van der Waals surface area contributed by atoms with Gasteiger partial charge in [0.1, 0.15) is 5.57 Å². The third-order valence-electron chi connectivity index (χ3n) is 5.45. The zero-order chi connectivity index (χ0) is 28.8. The topological polar surface area (TPSA) is 157 Å². The minimum atomic E-state index is -1.04. The van der Waals surface area contributed by atoms with Crippen LogP contribution < -0.4 is 25.0 Å². The predicted molar refractivity (Wildman–Crippen MR) is 148 cm³/mol. The number of para-hydroxylation sites is 1. The summed E-state index contributed by atoms with van der Waals surface area (Å²) in [6, 6.07) is 15.8. The summed E-state index contributed by atoms with van der Waals surface area (Å²) < 4.78 is 11.7. The Morgan fingerprint density at radius 1 is 1.07 bits per heavy atom. The maximum absolute atomic E-state index is 13.2. The molecule has 0 spiro atoms. The Labute approximate surface area is 235 Å². The van der Waals surface area contributed by atoms with Crippen LogP contribution in [0.3, 0.4) is 0 Å². The fourth-order valence-corrected chi connectivity index (χ4v) is 4.31. The molecular formula is C27H21BrN4O8. The largest absolute Gasteiger partial charge is 0.490 e. The molecule has 0 atom stereocenters. The van der Waals surface area contributed by atoms with Crippen LogP contribution in [0.25, 0.3) is 6.08 Å². The van der Waals surface area contributed by atoms with Gasteiger partial charge < -0.3 is 14.8 Å². The van der Waals surface area contributed by atoms with E-state index in [1.165, 1.54) is 36.4 Å². The number of urea groups is 1. The lowest BCUT2D eigenvalue weighted by Gasteiger charge is -2.26. The molecule has 1 saturated heterocycles. The third kappa shape index (κ3) is 6.32. The van der Waals surface area contributed by atoms with E-state index in [1.807, 2.05) is 6.07 Å². The SMILES string of the molecule is CCOc1cc(/C=C2\C(=O)NC(=O)N(c3cccc([N+](=O)[O-])c3)C2=O)cc(Br)c1OCC(=O)Nc1ccccc1. The lowest BCUT2D eigenvalue weighted by atomic mass is 10.1. The molecular weight excluding hydrogens is 588 g/mol. The Hall–Kier alpha value is -5.04. The second kappa shape index (κ2) is 12.2. The number of imide groups is 2. The van der Waals surface area contributed by atoms with Crippen molar-refractivity contribution < 1.29 is 33.6 Å². The monoisotopic (exact) mass is 608 g/mol. The highest BCUT2D eigenvalue weighted by atomic mass is 79.9. The van der Waals surface area contributed by atoms with Gasteiger partial charge in [0.25, 0.3) is 23.4 Å². The Morgan fingerprint density at radius 2 is 1.82 bits per heavy atom. The molecule has 204 valence electrons. The van der Waals surface area contributed by atoms with Gasteiger partial charge in [-0.15, -0.1) is 0 Å². The van der Waals surface area contributed by atoms with Crippen molar-refractivity contribution in [3.05, 3.63) is 92.5 Å². The highest BCUT2D eigenvalue weighted by Gasteiger charge is 2.37. The zero-order valence-corrected chi connectivity index (χ0v) is 22.5. The van der Waals surface area contributed by atoms with E-state index in [9.17, 15) is 29.3 Å². The number of nitro groups is 1. The Morgan fingerprint density at radius 3 is 2.52 bits per heavy atom. The van der Waals surface area contributed by atoms with Gasteiger partial charge >= 0.3 is 6.03 Å². The molecule has 5 amide bonds. The van der Waals surface area contributed by atoms with E-state index in [4.69, 9.17) is 9.47 Å². The summed E-state index contributed by atoms with van der Waals surface area (Å²) in [5.41, 5.74) is 0.137. The lowest BCUT2D eigenvalue weighted by Crippen LogP contribution is -2.54. The van der Waals surface area contributed by atoms with Gasteiger partial charge in [-0.2, -0.15) is 0 Å². The quantitative estimate of drug-likeness (QED) is 0.156. The van der Waals surface area contributed by atoms with Gasteiger partial charge in [0, 0.05) is 17.8 Å². The number of hydrogen-bond acceptors (Lipinski definition) is 8. The van der Waals surface area contributed by atoms with Crippen LogP contribution in [0.1, 0.15) is 12.5 Å². The minimum absolute atomic E-state index is 0.0798. The molecule has 1 fully saturated rings. The Kier molecular flexibility index (Phi) is 8.54. The van der Waals surface area contributed by atoms with Gasteiger partial charge in [-0.3, -0.25) is 29.8 Å². The fraction of sp³-hybridized carbons (Fsp3) is 0.111. The smallest absolute Gasteiger partial charge is 0.335 e. The molecule has 3 aromatic rings. The molecule has 13 heteroatoms. The van der Waals surface area contributed by atoms with Gasteiger partial charge in [-0.05, 0) is 64.8 Å². The molecule has 0 aliphatic carbocycles. The highest BCUT2D eigenvalue weighted by molar-refractivity contribution is 9.10. The summed E-state index contributed by atoms with van der Waals surface area (Å²) in [5, 5.41) is 15.9. The molecule has 1 heterocycles. The molecule has 0 radical (unpaired) electrons. The second-order valence-electron chi connectivity index (χ2n) is 8.20. The summed E-state index contributed by atoms with van der Waals surface area (Å²) in [6.45, 7) is 1.66. The van der Waals surface area contributed by atoms with Crippen molar-refractivity contribution in [2.45, 2.75) is 6.92 Å². The summed E-state index contributed by atoms with van der Waals surface area (Å²) >= 11 is 3.38. The van der Waals surface area contributed by atoms with Crippen LogP contribution in [0.4, 0.5) is 21.9 Å². The van der Waals surface area contributed by atoms with E-state index in [0.717, 1.165) is 6.07 Å². The normalized spacial score (nSPS) is 14.1. The first-order valence-corrected chi connectivity index (χ1v) is 12.6. The van der Waals surface area contributed by atoms with Gasteiger partial charge in [-0.1, -0.05) is 24.3 Å². The molecule has 4 rings (SSSR count). The summed E-state index contributed by atoms with van der Waals surface area (Å²) in [5.74, 6) is -1.86. The molecule has 40 heavy (non-hydrogen) atoms. The number of nitro benzene ring substituents is 1. The van der Waals surface area contributed by atoms with Crippen molar-refractivity contribution in [1.29, 1.82) is 0 Å². The molecule has 0 aromatic heterocycles. The summed E-state index contributed by atoms with van der Waals surface area (Å²) in [6.07, 6.45) is 1.24. The van der Waals surface area contributed by atoms with Gasteiger partial charge in [0.2, 0.25) is 0 Å². The van der Waals surface area contributed by atoms with Crippen LogP contribution in [-0.4, -0.2) is 41.9 Å². The molecule has 1 aliphatic heterocycles. The van der Waals surface area contributed by atoms with Crippen molar-refractivity contribution in [2.75, 3.05) is 23.4 Å². The van der Waals surface area contributed by atoms with E-state index >= 15 is 0 Å². The standard InChI is InChI=1S/C27H21BrN4O8/c1-2-39-22-13-16(12-21(28)24(22)40-15-23(33)29-17-7-4-3-5-8-17)11-20-25(34)30-27(36)31(26(20)35)18-9-6-10-19(14-18)32(37)38/h3-14H,2,15H2,1H3,(H,29,33)(H,30,34,36)/b20-11+. The minimum Gasteiger partial charge on any atom is -0.490 e. The number of rotatable bonds is 9. The Balaban J connectivity index is 1.60. The average molecular weight is 609 g/mol. The number of barbiturate groups is 1. The van der Waals surface area contributed by atoms with E-state index < -0.39 is 34.2 Å². The number of amides is 5. The number of carbonyl (C=O) groups excluding carboxylic acids is 4. The van der Waals surface area contributed by atoms with Crippen molar-refractivity contribution in [2.24, 2.45) is 0 Å². The molecule has 0 bridgehead atoms. The lowest BCUT2D eigenvalue weighted by molar-refractivity contribution is -0.384. The number of ether oxygens (including phenoxy) is 2. The van der Waals surface area contributed by atoms with Crippen LogP contribution in [0.2, 0.25) is 0 Å². The number of nitrogens with zero attached hydrogens (tertiary/aromatic N) is 2. The van der Waals surface area contributed by atoms with Crippen LogP contribution in [0.5, 0.6) is 11.5 Å². The highest BCUT2D eigenvalue weighted by Crippen LogP contribution is 2.38. The zero-order valence-electron chi connectivity index (χ0n) is 20.9. The third-order valence-corrected chi connectivity index (χ3v) is 6.04. The van der Waals surface area contributed by atoms with Crippen molar-refractivity contribution in [3.63, 3.8) is 0 Å². The molecule has 0 saturated carbocycles. The van der Waals surface area contributed by atoms with E-state index in [-0.39, 0.29) is 36.1 Å². The number of carbonyl (C=O) groups is 4. The Bertz CT molecular complexity index is 1540. The molecule has 2 N–H and O–H groups in total. The molecule has 12 nitrogen and oxygen atoms in total. The predicted octanol–water partition coefficient (Wildman–Crippen LogP) is 4.44. The number of non-ortho nitro benzene ring substituents is 1. The molecule has 0 unspecified atom stereocenters. The van der Waals surface area contributed by atoms with Crippen molar-refractivity contribution >= 4 is 62.8 Å². The number of hydrogen-bond donors (Lipinski definition) is 2. The van der Waals surface area contributed by atoms with E-state index in [2.05, 4.69) is 26.6 Å². The van der Waals surface area contributed by atoms with Crippen LogP contribution in [0.15, 0.2) is 76.8 Å². The first-order valence-electron chi connectivity index (χ1n) is 11.8. The van der Waals surface area contributed by atoms with Crippen molar-refractivity contribution in [3.8, 4) is 11.5 Å². The number of nitrogens with one attached hydrogen (secondary N) is 2. The number of anilines is 2. The second-order valence-corrected chi connectivity index (χ2v) is 9.06. The van der Waals surface area contributed by atoms with Crippen LogP contribution in [0, 0.1) is 10.1 Å². The van der Waals surface area contributed by atoms with Gasteiger partial charge in [-0.25, -0.2) is 9.69 Å². The maximum Gasteiger partial charge on any atom is 0.335 e. The molecule has 1 aliphatic rings. The van der Waals surface area contributed by atoms with E-state index in [1.54, 1.807) is 31.2 Å². The van der Waals surface area contributed by atoms with Crippen LogP contribution >= 0.6 is 15.9 Å². The maximum atomic E-state index is 13.2. The van der Waals surface area contributed by atoms with Gasteiger partial charge in [0.15, 0.2) is 18.1 Å². The number of benzene rings is 3. The fourth-order valence-electron chi connectivity index (χ4n) is 3.73. The van der Waals surface area contributed by atoms with Crippen LogP contribution in [-0.2, 0) is 14.4 Å². The number of halogens is 1.